The zero-order valence-corrected chi connectivity index (χ0v) is 20.6. The van der Waals surface area contributed by atoms with E-state index in [1.165, 1.54) is 17.4 Å². The molecule has 1 aromatic heterocycles. The van der Waals surface area contributed by atoms with Crippen molar-refractivity contribution in [1.29, 1.82) is 0 Å². The fourth-order valence-electron chi connectivity index (χ4n) is 4.95. The number of carbonyl (C=O) groups is 2. The van der Waals surface area contributed by atoms with E-state index in [1.54, 1.807) is 30.3 Å². The van der Waals surface area contributed by atoms with Gasteiger partial charge in [0.1, 0.15) is 0 Å². The highest BCUT2D eigenvalue weighted by molar-refractivity contribution is 5.92. The van der Waals surface area contributed by atoms with Crippen molar-refractivity contribution in [3.05, 3.63) is 106 Å². The Balaban J connectivity index is 1.34. The molecule has 1 unspecified atom stereocenters. The van der Waals surface area contributed by atoms with E-state index in [-0.39, 0.29) is 24.9 Å². The first kappa shape index (κ1) is 24.5. The number of primary amides is 1. The van der Waals surface area contributed by atoms with Crippen molar-refractivity contribution in [1.82, 2.24) is 14.8 Å². The van der Waals surface area contributed by atoms with E-state index in [1.807, 2.05) is 42.5 Å². The van der Waals surface area contributed by atoms with Crippen LogP contribution in [-0.2, 0) is 17.8 Å². The molecule has 0 bridgehead atoms. The molecular weight excluding hydrogens is 468 g/mol. The van der Waals surface area contributed by atoms with Crippen LogP contribution in [0.4, 0.5) is 0 Å². The highest BCUT2D eigenvalue weighted by atomic mass is 16.4. The van der Waals surface area contributed by atoms with E-state index >= 15 is 0 Å². The van der Waals surface area contributed by atoms with Crippen LogP contribution in [0.1, 0.15) is 45.9 Å². The largest absolute Gasteiger partial charge is 0.420 e. The molecule has 1 saturated heterocycles. The predicted molar refractivity (Wildman–Crippen MR) is 141 cm³/mol. The second kappa shape index (κ2) is 10.8. The van der Waals surface area contributed by atoms with Gasteiger partial charge in [0.2, 0.25) is 11.8 Å². The molecule has 190 valence electrons. The molecule has 4 aromatic rings. The van der Waals surface area contributed by atoms with Gasteiger partial charge in [-0.05, 0) is 66.9 Å². The maximum atomic E-state index is 13.1. The number of rotatable bonds is 9. The minimum Gasteiger partial charge on any atom is -0.408 e. The van der Waals surface area contributed by atoms with Crippen LogP contribution < -0.4 is 16.8 Å². The molecule has 8 nitrogen and oxygen atoms in total. The summed E-state index contributed by atoms with van der Waals surface area (Å²) in [4.78, 5) is 39.6. The number of fused-ring (bicyclic) bond motifs is 1. The molecule has 5 rings (SSSR count). The molecule has 1 aliphatic heterocycles. The Morgan fingerprint density at radius 1 is 0.946 bits per heavy atom. The Hall–Kier alpha value is -4.17. The zero-order valence-electron chi connectivity index (χ0n) is 20.6. The highest BCUT2D eigenvalue weighted by Gasteiger charge is 2.21. The highest BCUT2D eigenvalue weighted by Crippen LogP contribution is 2.20. The van der Waals surface area contributed by atoms with Crippen molar-refractivity contribution in [3.63, 3.8) is 0 Å². The molecule has 1 atom stereocenters. The molecule has 2 heterocycles. The second-order valence-electron chi connectivity index (χ2n) is 9.54. The average molecular weight is 499 g/mol. The SMILES string of the molecule is NC(=O)c1cccc(Cn2c(=O)oc3ccc(CC(=O)NC(CN4CCCC4)c4ccccc4)cc32)c1. The minimum atomic E-state index is -0.530. The number of nitrogens with zero attached hydrogens (tertiary/aromatic N) is 2. The van der Waals surface area contributed by atoms with E-state index in [0.29, 0.717) is 16.7 Å². The lowest BCUT2D eigenvalue weighted by atomic mass is 10.1. The lowest BCUT2D eigenvalue weighted by molar-refractivity contribution is -0.121. The van der Waals surface area contributed by atoms with Gasteiger partial charge < -0.3 is 20.4 Å². The van der Waals surface area contributed by atoms with E-state index in [9.17, 15) is 14.4 Å². The van der Waals surface area contributed by atoms with Crippen molar-refractivity contribution in [2.75, 3.05) is 19.6 Å². The monoisotopic (exact) mass is 498 g/mol. The quantitative estimate of drug-likeness (QED) is 0.368. The van der Waals surface area contributed by atoms with Gasteiger partial charge in [-0.15, -0.1) is 0 Å². The minimum absolute atomic E-state index is 0.0843. The Kier molecular flexibility index (Phi) is 7.18. The summed E-state index contributed by atoms with van der Waals surface area (Å²) in [6.07, 6.45) is 2.55. The lowest BCUT2D eigenvalue weighted by Gasteiger charge is -2.25. The number of aromatic nitrogens is 1. The van der Waals surface area contributed by atoms with Gasteiger partial charge in [0.05, 0.1) is 24.5 Å². The normalized spacial score (nSPS) is 14.6. The van der Waals surface area contributed by atoms with Gasteiger partial charge in [-0.1, -0.05) is 48.5 Å². The van der Waals surface area contributed by atoms with Crippen LogP contribution in [0, 0.1) is 0 Å². The number of amides is 2. The third-order valence-corrected chi connectivity index (χ3v) is 6.83. The molecule has 1 aliphatic rings. The summed E-state index contributed by atoms with van der Waals surface area (Å²) < 4.78 is 6.91. The first-order valence-corrected chi connectivity index (χ1v) is 12.5. The third-order valence-electron chi connectivity index (χ3n) is 6.83. The number of hydrogen-bond donors (Lipinski definition) is 2. The van der Waals surface area contributed by atoms with Crippen molar-refractivity contribution >= 4 is 22.9 Å². The van der Waals surface area contributed by atoms with Gasteiger partial charge in [0.15, 0.2) is 5.58 Å². The maximum absolute atomic E-state index is 13.1. The van der Waals surface area contributed by atoms with Gasteiger partial charge in [-0.2, -0.15) is 0 Å². The Morgan fingerprint density at radius 3 is 2.49 bits per heavy atom. The molecule has 0 saturated carbocycles. The average Bonchev–Trinajstić information content (AvgIpc) is 3.52. The van der Waals surface area contributed by atoms with Gasteiger partial charge >= 0.3 is 5.76 Å². The first-order chi connectivity index (χ1) is 18.0. The van der Waals surface area contributed by atoms with Crippen molar-refractivity contribution in [2.24, 2.45) is 5.73 Å². The van der Waals surface area contributed by atoms with Crippen LogP contribution in [-0.4, -0.2) is 40.9 Å². The Morgan fingerprint density at radius 2 is 1.73 bits per heavy atom. The van der Waals surface area contributed by atoms with Crippen LogP contribution >= 0.6 is 0 Å². The number of likely N-dealkylation sites (tertiary alicyclic amines) is 1. The van der Waals surface area contributed by atoms with Crippen LogP contribution in [0.25, 0.3) is 11.1 Å². The standard InChI is InChI=1S/C29H30N4O4/c30-28(35)23-10-6-7-21(15-23)18-33-25-16-20(11-12-26(25)37-29(33)36)17-27(34)31-24(19-32-13-4-5-14-32)22-8-2-1-3-9-22/h1-3,6-12,15-16,24H,4-5,13-14,17-19H2,(H2,30,35)(H,31,34). The number of carbonyl (C=O) groups excluding carboxylic acids is 2. The maximum Gasteiger partial charge on any atom is 0.420 e. The fourth-order valence-corrected chi connectivity index (χ4v) is 4.95. The molecule has 0 spiro atoms. The molecule has 1 fully saturated rings. The smallest absolute Gasteiger partial charge is 0.408 e. The van der Waals surface area contributed by atoms with Crippen LogP contribution in [0.15, 0.2) is 82.0 Å². The summed E-state index contributed by atoms with van der Waals surface area (Å²) in [7, 11) is 0. The Labute approximate surface area is 214 Å². The van der Waals surface area contributed by atoms with E-state index in [4.69, 9.17) is 10.2 Å². The third kappa shape index (κ3) is 5.81. The summed E-state index contributed by atoms with van der Waals surface area (Å²) in [6, 6.07) is 22.1. The van der Waals surface area contributed by atoms with Gasteiger partial charge in [0.25, 0.3) is 0 Å². The predicted octanol–water partition coefficient (Wildman–Crippen LogP) is 3.24. The van der Waals surface area contributed by atoms with E-state index < -0.39 is 11.7 Å². The number of hydrogen-bond acceptors (Lipinski definition) is 5. The molecule has 37 heavy (non-hydrogen) atoms. The van der Waals surface area contributed by atoms with Crippen LogP contribution in [0.2, 0.25) is 0 Å². The second-order valence-corrected chi connectivity index (χ2v) is 9.54. The number of nitrogens with one attached hydrogen (secondary N) is 1. The summed E-state index contributed by atoms with van der Waals surface area (Å²) in [5.74, 6) is -1.12. The van der Waals surface area contributed by atoms with Crippen molar-refractivity contribution in [3.8, 4) is 0 Å². The summed E-state index contributed by atoms with van der Waals surface area (Å²) >= 11 is 0. The topological polar surface area (TPSA) is 111 Å². The molecule has 0 radical (unpaired) electrons. The zero-order chi connectivity index (χ0) is 25.8. The summed E-state index contributed by atoms with van der Waals surface area (Å²) in [5.41, 5.74) is 9.41. The molecule has 8 heteroatoms. The summed E-state index contributed by atoms with van der Waals surface area (Å²) in [5, 5.41) is 3.22. The van der Waals surface area contributed by atoms with Crippen LogP contribution in [0.5, 0.6) is 0 Å². The Bertz CT molecular complexity index is 1470. The molecule has 3 N–H and O–H groups in total. The number of oxazole rings is 1. The van der Waals surface area contributed by atoms with Crippen LogP contribution in [0.3, 0.4) is 0 Å². The van der Waals surface area contributed by atoms with Gasteiger partial charge in [-0.3, -0.25) is 14.2 Å². The molecule has 2 amide bonds. The summed E-state index contributed by atoms with van der Waals surface area (Å²) in [6.45, 7) is 3.10. The first-order valence-electron chi connectivity index (χ1n) is 12.5. The van der Waals surface area contributed by atoms with Gasteiger partial charge in [-0.25, -0.2) is 4.79 Å². The lowest BCUT2D eigenvalue weighted by Crippen LogP contribution is -2.37. The fraction of sp³-hybridized carbons (Fsp3) is 0.276. The number of nitrogens with two attached hydrogens (primary N) is 1. The van der Waals surface area contributed by atoms with E-state index in [0.717, 1.165) is 36.3 Å². The molecule has 3 aromatic carbocycles. The molecule has 0 aliphatic carbocycles. The van der Waals surface area contributed by atoms with Crippen molar-refractivity contribution < 1.29 is 14.0 Å². The van der Waals surface area contributed by atoms with Gasteiger partial charge in [0, 0.05) is 12.1 Å². The number of benzene rings is 3. The van der Waals surface area contributed by atoms with Crippen molar-refractivity contribution in [2.45, 2.75) is 31.8 Å². The molecular formula is C29H30N4O4. The van der Waals surface area contributed by atoms with E-state index in [2.05, 4.69) is 10.2 Å².